The van der Waals surface area contributed by atoms with Crippen molar-refractivity contribution in [1.82, 2.24) is 5.32 Å². The lowest BCUT2D eigenvalue weighted by molar-refractivity contribution is -0.125. The molecule has 0 heterocycles. The number of halogens is 1. The zero-order valence-electron chi connectivity index (χ0n) is 12.3. The zero-order valence-corrected chi connectivity index (χ0v) is 13.1. The van der Waals surface area contributed by atoms with Crippen molar-refractivity contribution in [2.24, 2.45) is 17.1 Å². The number of carbonyl (C=O) groups is 1. The third-order valence-corrected chi connectivity index (χ3v) is 4.48. The van der Waals surface area contributed by atoms with E-state index in [0.29, 0.717) is 5.41 Å². The Hall–Kier alpha value is -1.06. The van der Waals surface area contributed by atoms with E-state index in [2.05, 4.69) is 12.2 Å². The molecule has 0 aliphatic heterocycles. The lowest BCUT2D eigenvalue weighted by Crippen LogP contribution is -2.38. The summed E-state index contributed by atoms with van der Waals surface area (Å²) in [7, 11) is 0. The maximum atomic E-state index is 12.2. The topological polar surface area (TPSA) is 55.1 Å². The predicted molar refractivity (Wildman–Crippen MR) is 84.8 cm³/mol. The van der Waals surface area contributed by atoms with E-state index in [1.54, 1.807) is 0 Å². The zero-order chi connectivity index (χ0) is 13.9. The summed E-state index contributed by atoms with van der Waals surface area (Å²) in [6, 6.07) is 9.58. The molecular weight excluding hydrogens is 272 g/mol. The number of rotatable bonds is 6. The number of amides is 1. The molecule has 0 aromatic heterocycles. The fourth-order valence-corrected chi connectivity index (χ4v) is 2.39. The first-order valence-electron chi connectivity index (χ1n) is 7.16. The average molecular weight is 297 g/mol. The summed E-state index contributed by atoms with van der Waals surface area (Å²) in [4.78, 5) is 12.2. The molecule has 1 aromatic rings. The molecule has 1 amide bonds. The molecule has 1 aliphatic carbocycles. The third kappa shape index (κ3) is 3.97. The van der Waals surface area contributed by atoms with Gasteiger partial charge in [-0.05, 0) is 30.2 Å². The molecule has 4 heteroatoms. The van der Waals surface area contributed by atoms with E-state index < -0.39 is 0 Å². The SMILES string of the molecule is CCC1(CNC(=O)C(C)C(N)c2ccccc2)CC1.Cl. The van der Waals surface area contributed by atoms with Crippen molar-refractivity contribution in [3.8, 4) is 0 Å². The molecule has 0 saturated heterocycles. The second kappa shape index (κ2) is 7.09. The second-order valence-electron chi connectivity index (χ2n) is 5.80. The van der Waals surface area contributed by atoms with E-state index >= 15 is 0 Å². The average Bonchev–Trinajstić information content (AvgIpc) is 3.25. The highest BCUT2D eigenvalue weighted by Crippen LogP contribution is 2.47. The number of hydrogen-bond donors (Lipinski definition) is 2. The van der Waals surface area contributed by atoms with E-state index in [1.807, 2.05) is 37.3 Å². The molecule has 3 N–H and O–H groups in total. The van der Waals surface area contributed by atoms with Crippen LogP contribution in [0.25, 0.3) is 0 Å². The van der Waals surface area contributed by atoms with Gasteiger partial charge in [0.1, 0.15) is 0 Å². The molecule has 1 saturated carbocycles. The van der Waals surface area contributed by atoms with Crippen LogP contribution >= 0.6 is 12.4 Å². The van der Waals surface area contributed by atoms with Gasteiger partial charge in [0.25, 0.3) is 0 Å². The molecule has 1 aliphatic rings. The molecular formula is C16H25ClN2O. The largest absolute Gasteiger partial charge is 0.355 e. The molecule has 3 nitrogen and oxygen atoms in total. The highest BCUT2D eigenvalue weighted by Gasteiger charge is 2.41. The van der Waals surface area contributed by atoms with Gasteiger partial charge in [0.05, 0.1) is 5.92 Å². The van der Waals surface area contributed by atoms with Gasteiger partial charge in [-0.15, -0.1) is 12.4 Å². The monoisotopic (exact) mass is 296 g/mol. The van der Waals surface area contributed by atoms with Crippen molar-refractivity contribution >= 4 is 18.3 Å². The Balaban J connectivity index is 0.00000200. The van der Waals surface area contributed by atoms with Crippen LogP contribution in [0.3, 0.4) is 0 Å². The van der Waals surface area contributed by atoms with E-state index in [-0.39, 0.29) is 30.3 Å². The maximum Gasteiger partial charge on any atom is 0.224 e. The first-order valence-corrected chi connectivity index (χ1v) is 7.16. The summed E-state index contributed by atoms with van der Waals surface area (Å²) in [5.74, 6) is -0.133. The van der Waals surface area contributed by atoms with Crippen LogP contribution in [-0.4, -0.2) is 12.5 Å². The number of carbonyl (C=O) groups excluding carboxylic acids is 1. The highest BCUT2D eigenvalue weighted by molar-refractivity contribution is 5.85. The fourth-order valence-electron chi connectivity index (χ4n) is 2.39. The van der Waals surface area contributed by atoms with Crippen LogP contribution < -0.4 is 11.1 Å². The van der Waals surface area contributed by atoms with Gasteiger partial charge in [-0.2, -0.15) is 0 Å². The summed E-state index contributed by atoms with van der Waals surface area (Å²) in [5, 5.41) is 3.07. The van der Waals surface area contributed by atoms with Crippen molar-refractivity contribution in [2.45, 2.75) is 39.2 Å². The van der Waals surface area contributed by atoms with E-state index in [0.717, 1.165) is 18.5 Å². The Morgan fingerprint density at radius 1 is 1.35 bits per heavy atom. The van der Waals surface area contributed by atoms with Crippen LogP contribution in [-0.2, 0) is 4.79 Å². The highest BCUT2D eigenvalue weighted by atomic mass is 35.5. The van der Waals surface area contributed by atoms with Crippen LogP contribution in [0.2, 0.25) is 0 Å². The molecule has 0 bridgehead atoms. The van der Waals surface area contributed by atoms with Crippen LogP contribution in [0.4, 0.5) is 0 Å². The lowest BCUT2D eigenvalue weighted by atomic mass is 9.94. The third-order valence-electron chi connectivity index (χ3n) is 4.48. The number of nitrogens with one attached hydrogen (secondary N) is 1. The lowest BCUT2D eigenvalue weighted by Gasteiger charge is -2.21. The van der Waals surface area contributed by atoms with E-state index in [4.69, 9.17) is 5.73 Å². The molecule has 20 heavy (non-hydrogen) atoms. The quantitative estimate of drug-likeness (QED) is 0.848. The summed E-state index contributed by atoms with van der Waals surface area (Å²) < 4.78 is 0. The van der Waals surface area contributed by atoms with Gasteiger partial charge in [0.2, 0.25) is 5.91 Å². The van der Waals surface area contributed by atoms with Crippen molar-refractivity contribution in [3.05, 3.63) is 35.9 Å². The van der Waals surface area contributed by atoms with Crippen LogP contribution in [0, 0.1) is 11.3 Å². The van der Waals surface area contributed by atoms with Crippen molar-refractivity contribution in [1.29, 1.82) is 0 Å². The Kier molecular flexibility index (Phi) is 6.03. The van der Waals surface area contributed by atoms with Gasteiger partial charge >= 0.3 is 0 Å². The molecule has 0 radical (unpaired) electrons. The van der Waals surface area contributed by atoms with Crippen molar-refractivity contribution in [3.63, 3.8) is 0 Å². The summed E-state index contributed by atoms with van der Waals surface area (Å²) in [5.41, 5.74) is 7.56. The molecule has 0 spiro atoms. The molecule has 2 atom stereocenters. The first kappa shape index (κ1) is 17.0. The minimum absolute atomic E-state index is 0. The maximum absolute atomic E-state index is 12.2. The summed E-state index contributed by atoms with van der Waals surface area (Å²) in [6.07, 6.45) is 3.62. The summed E-state index contributed by atoms with van der Waals surface area (Å²) >= 11 is 0. The number of nitrogens with two attached hydrogens (primary N) is 1. The van der Waals surface area contributed by atoms with Gasteiger partial charge in [0, 0.05) is 12.6 Å². The van der Waals surface area contributed by atoms with Crippen LogP contribution in [0.15, 0.2) is 30.3 Å². The summed E-state index contributed by atoms with van der Waals surface area (Å²) in [6.45, 7) is 4.89. The van der Waals surface area contributed by atoms with Gasteiger partial charge in [-0.3, -0.25) is 4.79 Å². The van der Waals surface area contributed by atoms with Gasteiger partial charge < -0.3 is 11.1 Å². The van der Waals surface area contributed by atoms with Crippen LogP contribution in [0.1, 0.15) is 44.7 Å². The van der Waals surface area contributed by atoms with Crippen molar-refractivity contribution < 1.29 is 4.79 Å². The minimum Gasteiger partial charge on any atom is -0.355 e. The Bertz CT molecular complexity index is 431. The molecule has 2 unspecified atom stereocenters. The first-order chi connectivity index (χ1) is 9.08. The van der Waals surface area contributed by atoms with Crippen molar-refractivity contribution in [2.75, 3.05) is 6.54 Å². The van der Waals surface area contributed by atoms with Gasteiger partial charge in [-0.1, -0.05) is 44.2 Å². The normalized spacial score (nSPS) is 18.6. The minimum atomic E-state index is -0.238. The Morgan fingerprint density at radius 3 is 2.45 bits per heavy atom. The number of hydrogen-bond acceptors (Lipinski definition) is 2. The molecule has 112 valence electrons. The molecule has 2 rings (SSSR count). The van der Waals surface area contributed by atoms with Crippen LogP contribution in [0.5, 0.6) is 0 Å². The number of benzene rings is 1. The predicted octanol–water partition coefficient (Wildman–Crippen LogP) is 3.05. The Labute approximate surface area is 127 Å². The van der Waals surface area contributed by atoms with E-state index in [1.165, 1.54) is 12.8 Å². The van der Waals surface area contributed by atoms with E-state index in [9.17, 15) is 4.79 Å². The standard InChI is InChI=1S/C16H24N2O.ClH/c1-3-16(9-10-16)11-18-15(19)12(2)14(17)13-7-5-4-6-8-13;/h4-8,12,14H,3,9-11,17H2,1-2H3,(H,18,19);1H. The Morgan fingerprint density at radius 2 is 1.95 bits per heavy atom. The fraction of sp³-hybridized carbons (Fsp3) is 0.562. The second-order valence-corrected chi connectivity index (χ2v) is 5.80. The smallest absolute Gasteiger partial charge is 0.224 e. The van der Waals surface area contributed by atoms with Gasteiger partial charge in [0.15, 0.2) is 0 Å². The molecule has 1 aromatic carbocycles. The molecule has 1 fully saturated rings. The van der Waals surface area contributed by atoms with Gasteiger partial charge in [-0.25, -0.2) is 0 Å².